The minimum atomic E-state index is -1.14. The molecule has 0 atom stereocenters. The summed E-state index contributed by atoms with van der Waals surface area (Å²) in [7, 11) is 0. The third-order valence-corrected chi connectivity index (χ3v) is 2.36. The molecule has 1 aromatic rings. The topological polar surface area (TPSA) is 63.3 Å². The number of phenolic OH excluding ortho intramolecular Hbond substituents is 1. The quantitative estimate of drug-likeness (QED) is 0.631. The van der Waals surface area contributed by atoms with E-state index in [0.29, 0.717) is 6.07 Å². The maximum Gasteiger partial charge on any atom is 0.182 e. The smallest absolute Gasteiger partial charge is 0.182 e. The molecule has 0 aliphatic carbocycles. The summed E-state index contributed by atoms with van der Waals surface area (Å²) in [6.07, 6.45) is 0. The van der Waals surface area contributed by atoms with Gasteiger partial charge in [0.15, 0.2) is 11.6 Å². The minimum Gasteiger partial charge on any atom is -0.507 e. The molecule has 0 saturated carbocycles. The molecule has 0 spiro atoms. The van der Waals surface area contributed by atoms with E-state index in [9.17, 15) is 13.6 Å². The van der Waals surface area contributed by atoms with E-state index in [0.717, 1.165) is 0 Å². The summed E-state index contributed by atoms with van der Waals surface area (Å²) in [5.41, 5.74) is 4.23. The molecule has 0 amide bonds. The maximum absolute atomic E-state index is 13.2. The van der Waals surface area contributed by atoms with Crippen molar-refractivity contribution in [1.82, 2.24) is 0 Å². The number of hydrogen-bond acceptors (Lipinski definition) is 3. The van der Waals surface area contributed by atoms with Gasteiger partial charge in [0.05, 0.1) is 16.6 Å². The number of halogens is 3. The Morgan fingerprint density at radius 2 is 2.14 bits per heavy atom. The predicted molar refractivity (Wildman–Crippen MR) is 49.1 cm³/mol. The zero-order valence-electron chi connectivity index (χ0n) is 6.85. The molecule has 0 bridgehead atoms. The van der Waals surface area contributed by atoms with Crippen LogP contribution >= 0.6 is 15.9 Å². The van der Waals surface area contributed by atoms with Gasteiger partial charge in [0.25, 0.3) is 0 Å². The van der Waals surface area contributed by atoms with Crippen LogP contribution in [-0.4, -0.2) is 17.4 Å². The Bertz CT molecular complexity index is 395. The van der Waals surface area contributed by atoms with Crippen LogP contribution in [0.1, 0.15) is 10.4 Å². The van der Waals surface area contributed by atoms with Crippen molar-refractivity contribution in [1.29, 1.82) is 0 Å². The number of rotatable bonds is 2. The van der Waals surface area contributed by atoms with Gasteiger partial charge in [0.1, 0.15) is 11.6 Å². The van der Waals surface area contributed by atoms with Crippen molar-refractivity contribution in [3.63, 3.8) is 0 Å². The van der Waals surface area contributed by atoms with Crippen LogP contribution in [0.2, 0.25) is 0 Å². The fourth-order valence-electron chi connectivity index (χ4n) is 0.940. The molecular formula is C8H6BrF2NO2. The normalized spacial score (nSPS) is 10.3. The van der Waals surface area contributed by atoms with Crippen molar-refractivity contribution < 1.29 is 18.7 Å². The number of carbonyl (C=O) groups excluding carboxylic acids is 1. The second-order valence-electron chi connectivity index (χ2n) is 2.51. The first-order valence-corrected chi connectivity index (χ1v) is 4.38. The standard InChI is InChI=1S/C8H6BrF2NO2/c9-7-4(13)1-3(10)6(8(7)11)5(14)2-12/h1,13H,2,12H2. The van der Waals surface area contributed by atoms with E-state index < -0.39 is 35.3 Å². The molecule has 0 unspecified atom stereocenters. The van der Waals surface area contributed by atoms with Gasteiger partial charge >= 0.3 is 0 Å². The van der Waals surface area contributed by atoms with E-state index >= 15 is 0 Å². The lowest BCUT2D eigenvalue weighted by molar-refractivity contribution is 0.0993. The van der Waals surface area contributed by atoms with Crippen molar-refractivity contribution in [3.05, 3.63) is 27.7 Å². The molecule has 1 aromatic carbocycles. The summed E-state index contributed by atoms with van der Waals surface area (Å²) in [4.78, 5) is 11.0. The lowest BCUT2D eigenvalue weighted by Crippen LogP contribution is -2.17. The Hall–Kier alpha value is -1.01. The molecule has 0 aliphatic rings. The fraction of sp³-hybridized carbons (Fsp3) is 0.125. The first-order valence-electron chi connectivity index (χ1n) is 3.58. The van der Waals surface area contributed by atoms with Crippen LogP contribution in [-0.2, 0) is 0 Å². The van der Waals surface area contributed by atoms with E-state index in [4.69, 9.17) is 10.8 Å². The summed E-state index contributed by atoms with van der Waals surface area (Å²) in [5.74, 6) is -3.73. The van der Waals surface area contributed by atoms with Crippen LogP contribution in [0.25, 0.3) is 0 Å². The van der Waals surface area contributed by atoms with Crippen molar-refractivity contribution in [2.45, 2.75) is 0 Å². The second kappa shape index (κ2) is 4.02. The lowest BCUT2D eigenvalue weighted by Gasteiger charge is -2.05. The van der Waals surface area contributed by atoms with Crippen LogP contribution < -0.4 is 5.73 Å². The number of hydrogen-bond donors (Lipinski definition) is 2. The van der Waals surface area contributed by atoms with E-state index in [1.54, 1.807) is 0 Å². The summed E-state index contributed by atoms with van der Waals surface area (Å²) < 4.78 is 25.9. The first kappa shape index (κ1) is 11.1. The van der Waals surface area contributed by atoms with Gasteiger partial charge in [-0.3, -0.25) is 4.79 Å². The summed E-state index contributed by atoms with van der Waals surface area (Å²) in [5, 5.41) is 8.99. The van der Waals surface area contributed by atoms with Gasteiger partial charge in [-0.15, -0.1) is 0 Å². The van der Waals surface area contributed by atoms with E-state index in [1.807, 2.05) is 0 Å². The number of Topliss-reactive ketones (excluding diaryl/α,β-unsaturated/α-hetero) is 1. The summed E-state index contributed by atoms with van der Waals surface area (Å²) >= 11 is 2.68. The van der Waals surface area contributed by atoms with E-state index in [1.165, 1.54) is 0 Å². The molecular weight excluding hydrogens is 260 g/mol. The van der Waals surface area contributed by atoms with Gasteiger partial charge in [-0.1, -0.05) is 0 Å². The highest BCUT2D eigenvalue weighted by Crippen LogP contribution is 2.30. The van der Waals surface area contributed by atoms with Gasteiger partial charge in [0, 0.05) is 6.07 Å². The SMILES string of the molecule is NCC(=O)c1c(F)cc(O)c(Br)c1F. The molecule has 6 heteroatoms. The molecule has 3 nitrogen and oxygen atoms in total. The highest BCUT2D eigenvalue weighted by molar-refractivity contribution is 9.10. The first-order chi connectivity index (χ1) is 6.49. The molecule has 0 saturated heterocycles. The summed E-state index contributed by atoms with van der Waals surface area (Å²) in [6, 6.07) is 0.649. The molecule has 3 N–H and O–H groups in total. The van der Waals surface area contributed by atoms with E-state index in [2.05, 4.69) is 15.9 Å². The molecule has 0 aromatic heterocycles. The number of aromatic hydroxyl groups is 1. The molecule has 0 aliphatic heterocycles. The average molecular weight is 266 g/mol. The molecule has 0 fully saturated rings. The Labute approximate surface area is 86.7 Å². The maximum atomic E-state index is 13.2. The number of carbonyl (C=O) groups is 1. The second-order valence-corrected chi connectivity index (χ2v) is 3.30. The average Bonchev–Trinajstić information content (AvgIpc) is 2.14. The lowest BCUT2D eigenvalue weighted by atomic mass is 10.1. The van der Waals surface area contributed by atoms with E-state index in [-0.39, 0.29) is 4.47 Å². The minimum absolute atomic E-state index is 0.351. The molecule has 0 heterocycles. The molecule has 76 valence electrons. The van der Waals surface area contributed by atoms with Crippen LogP contribution in [0.15, 0.2) is 10.5 Å². The Morgan fingerprint density at radius 1 is 1.57 bits per heavy atom. The Kier molecular flexibility index (Phi) is 3.17. The number of nitrogens with two attached hydrogens (primary N) is 1. The number of ketones is 1. The van der Waals surface area contributed by atoms with Gasteiger partial charge in [-0.2, -0.15) is 0 Å². The Morgan fingerprint density at radius 3 is 2.64 bits per heavy atom. The molecule has 14 heavy (non-hydrogen) atoms. The zero-order chi connectivity index (χ0) is 10.9. The van der Waals surface area contributed by atoms with Crippen LogP contribution in [0.4, 0.5) is 8.78 Å². The van der Waals surface area contributed by atoms with Gasteiger partial charge in [-0.05, 0) is 15.9 Å². The number of phenols is 1. The Balaban J connectivity index is 3.44. The van der Waals surface area contributed by atoms with Crippen molar-refractivity contribution in [3.8, 4) is 5.75 Å². The monoisotopic (exact) mass is 265 g/mol. The molecule has 0 radical (unpaired) electrons. The third kappa shape index (κ3) is 1.76. The van der Waals surface area contributed by atoms with Crippen LogP contribution in [0, 0.1) is 11.6 Å². The van der Waals surface area contributed by atoms with Crippen molar-refractivity contribution >= 4 is 21.7 Å². The number of benzene rings is 1. The van der Waals surface area contributed by atoms with Gasteiger partial charge < -0.3 is 10.8 Å². The van der Waals surface area contributed by atoms with Crippen molar-refractivity contribution in [2.24, 2.45) is 5.73 Å². The highest BCUT2D eigenvalue weighted by Gasteiger charge is 2.21. The fourth-order valence-corrected chi connectivity index (χ4v) is 1.25. The van der Waals surface area contributed by atoms with Crippen LogP contribution in [0.5, 0.6) is 5.75 Å². The highest BCUT2D eigenvalue weighted by atomic mass is 79.9. The summed E-state index contributed by atoms with van der Waals surface area (Å²) in [6.45, 7) is -0.495. The van der Waals surface area contributed by atoms with Gasteiger partial charge in [0.2, 0.25) is 0 Å². The van der Waals surface area contributed by atoms with Crippen LogP contribution in [0.3, 0.4) is 0 Å². The third-order valence-electron chi connectivity index (χ3n) is 1.60. The largest absolute Gasteiger partial charge is 0.507 e. The molecule has 1 rings (SSSR count). The van der Waals surface area contributed by atoms with Crippen molar-refractivity contribution in [2.75, 3.05) is 6.54 Å². The predicted octanol–water partition coefficient (Wildman–Crippen LogP) is 1.57. The zero-order valence-corrected chi connectivity index (χ0v) is 8.44. The van der Waals surface area contributed by atoms with Gasteiger partial charge in [-0.25, -0.2) is 8.78 Å².